The molecule has 0 spiro atoms. The Kier molecular flexibility index (Phi) is 5.91. The molecule has 0 aliphatic carbocycles. The zero-order valence-electron chi connectivity index (χ0n) is 16.6. The molecule has 0 saturated heterocycles. The van der Waals surface area contributed by atoms with Crippen LogP contribution in [0, 0.1) is 6.92 Å². The molecule has 27 heavy (non-hydrogen) atoms. The highest BCUT2D eigenvalue weighted by molar-refractivity contribution is 5.33. The fraction of sp³-hybridized carbons (Fsp3) is 0.364. The molecule has 5 nitrogen and oxygen atoms in total. The molecule has 0 saturated carbocycles. The van der Waals surface area contributed by atoms with Crippen molar-refractivity contribution in [2.75, 3.05) is 0 Å². The largest absolute Gasteiger partial charge is 0.292 e. The van der Waals surface area contributed by atoms with Gasteiger partial charge in [-0.15, -0.1) is 0 Å². The molecule has 0 bridgehead atoms. The van der Waals surface area contributed by atoms with Gasteiger partial charge in [-0.05, 0) is 44.0 Å². The average molecular weight is 364 g/mol. The van der Waals surface area contributed by atoms with Gasteiger partial charge in [0.05, 0.1) is 11.3 Å². The lowest BCUT2D eigenvalue weighted by Gasteiger charge is -2.28. The van der Waals surface area contributed by atoms with Crippen LogP contribution in [0.5, 0.6) is 0 Å². The van der Waals surface area contributed by atoms with Crippen LogP contribution in [0.3, 0.4) is 0 Å². The van der Waals surface area contributed by atoms with Crippen LogP contribution in [0.25, 0.3) is 5.69 Å². The summed E-state index contributed by atoms with van der Waals surface area (Å²) in [6.45, 7) is 7.82. The summed E-state index contributed by atoms with van der Waals surface area (Å²) in [6.07, 6.45) is 4.71. The first-order chi connectivity index (χ1) is 13.0. The van der Waals surface area contributed by atoms with Crippen molar-refractivity contribution in [3.8, 4) is 5.69 Å². The lowest BCUT2D eigenvalue weighted by molar-refractivity contribution is 0.185. The molecule has 0 amide bonds. The van der Waals surface area contributed by atoms with Crippen molar-refractivity contribution in [1.82, 2.24) is 19.2 Å². The highest BCUT2D eigenvalue weighted by Gasteiger charge is 2.21. The summed E-state index contributed by atoms with van der Waals surface area (Å²) in [4.78, 5) is 19.8. The smallest absolute Gasteiger partial charge is 0.276 e. The molecule has 2 heterocycles. The number of para-hydroxylation sites is 1. The monoisotopic (exact) mass is 364 g/mol. The minimum Gasteiger partial charge on any atom is -0.292 e. The van der Waals surface area contributed by atoms with Crippen LogP contribution in [0.1, 0.15) is 37.1 Å². The van der Waals surface area contributed by atoms with Gasteiger partial charge in [-0.1, -0.05) is 31.2 Å². The van der Waals surface area contributed by atoms with Crippen LogP contribution in [-0.4, -0.2) is 25.3 Å². The minimum absolute atomic E-state index is 0.0562. The molecular formula is C22H28N4O. The first kappa shape index (κ1) is 19.1. The number of hydrogen-bond donors (Lipinski definition) is 0. The Balaban J connectivity index is 1.96. The Labute approximate surface area is 160 Å². The molecule has 0 fully saturated rings. The Morgan fingerprint density at radius 1 is 1.11 bits per heavy atom. The maximum Gasteiger partial charge on any atom is 0.276 e. The molecule has 0 N–H and O–H groups in total. The first-order valence-corrected chi connectivity index (χ1v) is 9.48. The molecule has 0 aliphatic heterocycles. The van der Waals surface area contributed by atoms with Gasteiger partial charge in [0.1, 0.15) is 0 Å². The van der Waals surface area contributed by atoms with Crippen molar-refractivity contribution in [2.45, 2.75) is 46.3 Å². The third-order valence-electron chi connectivity index (χ3n) is 5.36. The van der Waals surface area contributed by atoms with E-state index in [4.69, 9.17) is 0 Å². The minimum atomic E-state index is 0.0562. The van der Waals surface area contributed by atoms with Crippen LogP contribution in [0.2, 0.25) is 0 Å². The van der Waals surface area contributed by atoms with E-state index in [-0.39, 0.29) is 5.56 Å². The van der Waals surface area contributed by atoms with E-state index in [9.17, 15) is 4.79 Å². The maximum atomic E-state index is 13.2. The first-order valence-electron chi connectivity index (χ1n) is 9.48. The molecule has 1 atom stereocenters. The fourth-order valence-corrected chi connectivity index (χ4v) is 3.36. The van der Waals surface area contributed by atoms with Gasteiger partial charge in [-0.25, -0.2) is 4.68 Å². The predicted octanol–water partition coefficient (Wildman–Crippen LogP) is 3.68. The van der Waals surface area contributed by atoms with Crippen molar-refractivity contribution in [3.05, 3.63) is 82.0 Å². The van der Waals surface area contributed by atoms with Gasteiger partial charge in [0.15, 0.2) is 0 Å². The summed E-state index contributed by atoms with van der Waals surface area (Å²) in [5, 5.41) is 0. The molecule has 1 aromatic carbocycles. The van der Waals surface area contributed by atoms with Crippen molar-refractivity contribution >= 4 is 0 Å². The van der Waals surface area contributed by atoms with E-state index in [0.717, 1.165) is 35.5 Å². The van der Waals surface area contributed by atoms with Crippen LogP contribution in [0.4, 0.5) is 0 Å². The summed E-state index contributed by atoms with van der Waals surface area (Å²) in [5.74, 6) is 0. The Morgan fingerprint density at radius 2 is 1.85 bits per heavy atom. The van der Waals surface area contributed by atoms with Crippen molar-refractivity contribution < 1.29 is 0 Å². The Morgan fingerprint density at radius 3 is 2.48 bits per heavy atom. The summed E-state index contributed by atoms with van der Waals surface area (Å²) in [6, 6.07) is 14.2. The average Bonchev–Trinajstić information content (AvgIpc) is 2.91. The number of pyridine rings is 1. The SMILES string of the molecule is CCC(C)N(Cc1cccnc1)Cc1c(C)n(C)n(-c2ccccc2)c1=O. The van der Waals surface area contributed by atoms with Gasteiger partial charge in [-0.3, -0.25) is 19.4 Å². The van der Waals surface area contributed by atoms with Gasteiger partial charge in [0.2, 0.25) is 0 Å². The van der Waals surface area contributed by atoms with Gasteiger partial charge in [0, 0.05) is 44.3 Å². The van der Waals surface area contributed by atoms with E-state index in [0.29, 0.717) is 12.6 Å². The number of nitrogens with zero attached hydrogens (tertiary/aromatic N) is 4. The molecule has 3 aromatic rings. The van der Waals surface area contributed by atoms with Crippen molar-refractivity contribution in [1.29, 1.82) is 0 Å². The summed E-state index contributed by atoms with van der Waals surface area (Å²) >= 11 is 0. The molecule has 5 heteroatoms. The van der Waals surface area contributed by atoms with Crippen molar-refractivity contribution in [3.63, 3.8) is 0 Å². The van der Waals surface area contributed by atoms with Crippen molar-refractivity contribution in [2.24, 2.45) is 7.05 Å². The molecule has 0 radical (unpaired) electrons. The van der Waals surface area contributed by atoms with E-state index < -0.39 is 0 Å². The highest BCUT2D eigenvalue weighted by atomic mass is 16.1. The van der Waals surface area contributed by atoms with Gasteiger partial charge >= 0.3 is 0 Å². The molecular weight excluding hydrogens is 336 g/mol. The summed E-state index contributed by atoms with van der Waals surface area (Å²) in [5.41, 5.74) is 3.96. The van der Waals surface area contributed by atoms with Gasteiger partial charge < -0.3 is 0 Å². The number of aromatic nitrogens is 3. The molecule has 3 rings (SSSR count). The Bertz CT molecular complexity index is 928. The zero-order valence-corrected chi connectivity index (χ0v) is 16.6. The zero-order chi connectivity index (χ0) is 19.4. The molecule has 142 valence electrons. The van der Waals surface area contributed by atoms with E-state index in [2.05, 4.69) is 29.8 Å². The van der Waals surface area contributed by atoms with Crippen LogP contribution < -0.4 is 5.56 Å². The lowest BCUT2D eigenvalue weighted by Crippen LogP contribution is -2.34. The molecule has 1 unspecified atom stereocenters. The fourth-order valence-electron chi connectivity index (χ4n) is 3.36. The quantitative estimate of drug-likeness (QED) is 0.642. The summed E-state index contributed by atoms with van der Waals surface area (Å²) in [7, 11) is 1.95. The number of hydrogen-bond acceptors (Lipinski definition) is 3. The van der Waals surface area contributed by atoms with E-state index in [1.54, 1.807) is 10.9 Å². The van der Waals surface area contributed by atoms with Crippen LogP contribution in [0.15, 0.2) is 59.7 Å². The highest BCUT2D eigenvalue weighted by Crippen LogP contribution is 2.17. The molecule has 0 aliphatic rings. The van der Waals surface area contributed by atoms with Gasteiger partial charge in [0.25, 0.3) is 5.56 Å². The normalized spacial score (nSPS) is 12.5. The lowest BCUT2D eigenvalue weighted by atomic mass is 10.1. The van der Waals surface area contributed by atoms with E-state index >= 15 is 0 Å². The van der Waals surface area contributed by atoms with Gasteiger partial charge in [-0.2, -0.15) is 0 Å². The van der Waals surface area contributed by atoms with E-state index in [1.807, 2.05) is 61.2 Å². The third kappa shape index (κ3) is 4.03. The van der Waals surface area contributed by atoms with Crippen LogP contribution in [-0.2, 0) is 20.1 Å². The predicted molar refractivity (Wildman–Crippen MR) is 109 cm³/mol. The maximum absolute atomic E-state index is 13.2. The third-order valence-corrected chi connectivity index (χ3v) is 5.36. The second-order valence-corrected chi connectivity index (χ2v) is 7.06. The number of rotatable bonds is 7. The molecule has 2 aromatic heterocycles. The number of benzene rings is 1. The standard InChI is InChI=1S/C22H28N4O/c1-5-17(2)25(15-19-10-9-13-23-14-19)16-21-18(3)24(4)26(22(21)27)20-11-7-6-8-12-20/h6-14,17H,5,15-16H2,1-4H3. The second-order valence-electron chi connectivity index (χ2n) is 7.06. The van der Waals surface area contributed by atoms with Crippen LogP contribution >= 0.6 is 0 Å². The topological polar surface area (TPSA) is 43.1 Å². The Hall–Kier alpha value is -2.66. The second kappa shape index (κ2) is 8.35. The van der Waals surface area contributed by atoms with E-state index in [1.165, 1.54) is 0 Å². The summed E-state index contributed by atoms with van der Waals surface area (Å²) < 4.78 is 3.70.